The Morgan fingerprint density at radius 1 is 1.17 bits per heavy atom. The van der Waals surface area contributed by atoms with Gasteiger partial charge in [-0.15, -0.1) is 10.2 Å². The average Bonchev–Trinajstić information content (AvgIpc) is 3.13. The first-order chi connectivity index (χ1) is 11.7. The van der Waals surface area contributed by atoms with Gasteiger partial charge >= 0.3 is 0 Å². The van der Waals surface area contributed by atoms with Crippen LogP contribution in [0.1, 0.15) is 58.8 Å². The van der Waals surface area contributed by atoms with Crippen molar-refractivity contribution < 1.29 is 0 Å². The molecule has 1 aliphatic carbocycles. The van der Waals surface area contributed by atoms with E-state index in [4.69, 9.17) is 0 Å². The van der Waals surface area contributed by atoms with Gasteiger partial charge < -0.3 is 15.2 Å². The van der Waals surface area contributed by atoms with Gasteiger partial charge in [0, 0.05) is 26.2 Å². The molecule has 0 amide bonds. The number of aryl methyl sites for hydroxylation is 1. The minimum atomic E-state index is 0.455. The normalized spacial score (nSPS) is 19.0. The average molecular weight is 335 g/mol. The molecule has 136 valence electrons. The molecule has 1 aromatic heterocycles. The standard InChI is InChI=1S/C18H34N6/c1-15(17-9-5-4-6-10-17)16(2)23-18(19-3)20-11-7-8-12-24-13-21-22-14-24/h13-17H,4-12H2,1-3H3,(H2,19,20,23). The number of unbranched alkanes of at least 4 members (excludes halogenated alkanes) is 1. The fourth-order valence-corrected chi connectivity index (χ4v) is 3.57. The smallest absolute Gasteiger partial charge is 0.191 e. The summed E-state index contributed by atoms with van der Waals surface area (Å²) in [5.41, 5.74) is 0. The Labute approximate surface area is 146 Å². The molecule has 6 heteroatoms. The van der Waals surface area contributed by atoms with Crippen molar-refractivity contribution in [2.24, 2.45) is 16.8 Å². The van der Waals surface area contributed by atoms with Crippen LogP contribution in [0.5, 0.6) is 0 Å². The summed E-state index contributed by atoms with van der Waals surface area (Å²) in [5.74, 6) is 2.48. The Morgan fingerprint density at radius 3 is 2.54 bits per heavy atom. The van der Waals surface area contributed by atoms with Crippen LogP contribution in [0, 0.1) is 11.8 Å². The van der Waals surface area contributed by atoms with Gasteiger partial charge in [0.1, 0.15) is 12.7 Å². The zero-order valence-electron chi connectivity index (χ0n) is 15.5. The summed E-state index contributed by atoms with van der Waals surface area (Å²) < 4.78 is 2.01. The summed E-state index contributed by atoms with van der Waals surface area (Å²) in [6.45, 7) is 6.58. The third kappa shape index (κ3) is 6.13. The number of hydrogen-bond acceptors (Lipinski definition) is 3. The summed E-state index contributed by atoms with van der Waals surface area (Å²) in [7, 11) is 1.85. The predicted molar refractivity (Wildman–Crippen MR) is 99.0 cm³/mol. The van der Waals surface area contributed by atoms with Crippen LogP contribution >= 0.6 is 0 Å². The van der Waals surface area contributed by atoms with Gasteiger partial charge in [-0.2, -0.15) is 0 Å². The molecular weight excluding hydrogens is 300 g/mol. The highest BCUT2D eigenvalue weighted by Crippen LogP contribution is 2.31. The molecule has 0 aliphatic heterocycles. The Balaban J connectivity index is 1.63. The van der Waals surface area contributed by atoms with Crippen molar-refractivity contribution in [1.82, 2.24) is 25.4 Å². The second-order valence-corrected chi connectivity index (χ2v) is 7.10. The van der Waals surface area contributed by atoms with E-state index < -0.39 is 0 Å². The molecule has 0 aromatic carbocycles. The van der Waals surface area contributed by atoms with Crippen LogP contribution in [0.3, 0.4) is 0 Å². The number of nitrogens with zero attached hydrogens (tertiary/aromatic N) is 4. The molecule has 2 atom stereocenters. The number of guanidine groups is 1. The third-order valence-electron chi connectivity index (χ3n) is 5.37. The van der Waals surface area contributed by atoms with Gasteiger partial charge in [0.2, 0.25) is 0 Å². The van der Waals surface area contributed by atoms with E-state index in [-0.39, 0.29) is 0 Å². The van der Waals surface area contributed by atoms with Crippen molar-refractivity contribution in [3.63, 3.8) is 0 Å². The van der Waals surface area contributed by atoms with Gasteiger partial charge in [0.25, 0.3) is 0 Å². The Hall–Kier alpha value is -1.59. The van der Waals surface area contributed by atoms with Crippen molar-refractivity contribution in [3.8, 4) is 0 Å². The number of nitrogens with one attached hydrogen (secondary N) is 2. The van der Waals surface area contributed by atoms with E-state index in [2.05, 4.69) is 39.7 Å². The summed E-state index contributed by atoms with van der Waals surface area (Å²) in [4.78, 5) is 4.37. The minimum absolute atomic E-state index is 0.455. The van der Waals surface area contributed by atoms with Gasteiger partial charge in [0.15, 0.2) is 5.96 Å². The van der Waals surface area contributed by atoms with Crippen molar-refractivity contribution in [1.29, 1.82) is 0 Å². The molecule has 2 N–H and O–H groups in total. The molecule has 0 spiro atoms. The van der Waals surface area contributed by atoms with Gasteiger partial charge in [-0.3, -0.25) is 4.99 Å². The van der Waals surface area contributed by atoms with E-state index in [1.54, 1.807) is 12.7 Å². The Bertz CT molecular complexity index is 464. The lowest BCUT2D eigenvalue weighted by atomic mass is 9.78. The molecule has 0 bridgehead atoms. The molecule has 1 aliphatic rings. The summed E-state index contributed by atoms with van der Waals surface area (Å²) in [5, 5.41) is 14.7. The molecule has 6 nitrogen and oxygen atoms in total. The van der Waals surface area contributed by atoms with Crippen LogP contribution in [-0.2, 0) is 6.54 Å². The highest BCUT2D eigenvalue weighted by molar-refractivity contribution is 5.79. The molecule has 24 heavy (non-hydrogen) atoms. The van der Waals surface area contributed by atoms with Crippen LogP contribution in [0.2, 0.25) is 0 Å². The fourth-order valence-electron chi connectivity index (χ4n) is 3.57. The van der Waals surface area contributed by atoms with Crippen molar-refractivity contribution in [2.75, 3.05) is 13.6 Å². The van der Waals surface area contributed by atoms with E-state index in [1.807, 2.05) is 11.6 Å². The largest absolute Gasteiger partial charge is 0.356 e. The van der Waals surface area contributed by atoms with Crippen LogP contribution in [-0.4, -0.2) is 40.4 Å². The molecule has 1 heterocycles. The van der Waals surface area contributed by atoms with Gasteiger partial charge in [0.05, 0.1) is 0 Å². The SMILES string of the molecule is CN=C(NCCCCn1cnnc1)NC(C)C(C)C1CCCCC1. The fraction of sp³-hybridized carbons (Fsp3) is 0.833. The highest BCUT2D eigenvalue weighted by atomic mass is 15.2. The minimum Gasteiger partial charge on any atom is -0.356 e. The number of rotatable bonds is 8. The van der Waals surface area contributed by atoms with E-state index in [1.165, 1.54) is 32.1 Å². The summed E-state index contributed by atoms with van der Waals surface area (Å²) >= 11 is 0. The van der Waals surface area contributed by atoms with E-state index in [9.17, 15) is 0 Å². The first-order valence-corrected chi connectivity index (χ1v) is 9.50. The predicted octanol–water partition coefficient (Wildman–Crippen LogP) is 2.83. The zero-order valence-corrected chi connectivity index (χ0v) is 15.5. The van der Waals surface area contributed by atoms with E-state index in [0.29, 0.717) is 12.0 Å². The summed E-state index contributed by atoms with van der Waals surface area (Å²) in [6, 6.07) is 0.455. The highest BCUT2D eigenvalue weighted by Gasteiger charge is 2.24. The molecular formula is C18H34N6. The third-order valence-corrected chi connectivity index (χ3v) is 5.37. The molecule has 2 rings (SSSR count). The van der Waals surface area contributed by atoms with Crippen molar-refractivity contribution in [3.05, 3.63) is 12.7 Å². The van der Waals surface area contributed by atoms with E-state index in [0.717, 1.165) is 37.8 Å². The molecule has 0 saturated heterocycles. The topological polar surface area (TPSA) is 67.1 Å². The zero-order chi connectivity index (χ0) is 17.2. The van der Waals surface area contributed by atoms with Crippen LogP contribution in [0.4, 0.5) is 0 Å². The maximum absolute atomic E-state index is 4.37. The van der Waals surface area contributed by atoms with Gasteiger partial charge in [-0.25, -0.2) is 0 Å². The van der Waals surface area contributed by atoms with Crippen LogP contribution in [0.25, 0.3) is 0 Å². The van der Waals surface area contributed by atoms with Crippen LogP contribution in [0.15, 0.2) is 17.6 Å². The lowest BCUT2D eigenvalue weighted by Crippen LogP contribution is -2.46. The van der Waals surface area contributed by atoms with Crippen LogP contribution < -0.4 is 10.6 Å². The first kappa shape index (κ1) is 18.7. The summed E-state index contributed by atoms with van der Waals surface area (Å²) in [6.07, 6.45) is 12.8. The quantitative estimate of drug-likeness (QED) is 0.436. The molecule has 1 aromatic rings. The lowest BCUT2D eigenvalue weighted by molar-refractivity contribution is 0.229. The molecule has 0 radical (unpaired) electrons. The van der Waals surface area contributed by atoms with Crippen molar-refractivity contribution in [2.45, 2.75) is 71.4 Å². The molecule has 1 saturated carbocycles. The Kier molecular flexibility index (Phi) is 8.05. The first-order valence-electron chi connectivity index (χ1n) is 9.50. The molecule has 2 unspecified atom stereocenters. The second-order valence-electron chi connectivity index (χ2n) is 7.10. The second kappa shape index (κ2) is 10.3. The van der Waals surface area contributed by atoms with Crippen molar-refractivity contribution >= 4 is 5.96 Å². The van der Waals surface area contributed by atoms with Gasteiger partial charge in [-0.1, -0.05) is 39.0 Å². The number of aromatic nitrogens is 3. The number of aliphatic imine (C=N–C) groups is 1. The number of hydrogen-bond donors (Lipinski definition) is 2. The lowest BCUT2D eigenvalue weighted by Gasteiger charge is -2.32. The maximum atomic E-state index is 4.37. The Morgan fingerprint density at radius 2 is 1.88 bits per heavy atom. The molecule has 1 fully saturated rings. The monoisotopic (exact) mass is 334 g/mol. The van der Waals surface area contributed by atoms with E-state index >= 15 is 0 Å². The van der Waals surface area contributed by atoms with Gasteiger partial charge in [-0.05, 0) is 31.6 Å². The maximum Gasteiger partial charge on any atom is 0.191 e.